The molecule has 0 bridgehead atoms. The predicted octanol–water partition coefficient (Wildman–Crippen LogP) is 2.64. The fraction of sp³-hybridized carbons (Fsp3) is 0.471. The Bertz CT molecular complexity index is 849. The van der Waals surface area contributed by atoms with Crippen LogP contribution in [-0.2, 0) is 4.74 Å². The van der Waals surface area contributed by atoms with E-state index in [0.29, 0.717) is 23.4 Å². The van der Waals surface area contributed by atoms with Crippen molar-refractivity contribution in [3.05, 3.63) is 34.5 Å². The summed E-state index contributed by atoms with van der Waals surface area (Å²) in [6.45, 7) is 6.80. The van der Waals surface area contributed by atoms with Crippen molar-refractivity contribution >= 4 is 28.6 Å². The average molecular weight is 359 g/mol. The van der Waals surface area contributed by atoms with Crippen LogP contribution in [0.3, 0.4) is 0 Å². The molecule has 1 aromatic heterocycles. The molecule has 2 heterocycles. The van der Waals surface area contributed by atoms with Crippen molar-refractivity contribution in [2.45, 2.75) is 38.8 Å². The van der Waals surface area contributed by atoms with Gasteiger partial charge in [0.05, 0.1) is 28.2 Å². The van der Waals surface area contributed by atoms with Crippen LogP contribution in [0.2, 0.25) is 0 Å². The molecule has 1 aliphatic heterocycles. The molecule has 9 heteroatoms. The van der Waals surface area contributed by atoms with E-state index in [0.717, 1.165) is 13.0 Å². The van der Waals surface area contributed by atoms with Crippen LogP contribution in [-0.4, -0.2) is 45.7 Å². The van der Waals surface area contributed by atoms with Gasteiger partial charge in [-0.2, -0.15) is 0 Å². The fourth-order valence-corrected chi connectivity index (χ4v) is 2.82. The van der Waals surface area contributed by atoms with E-state index >= 15 is 0 Å². The lowest BCUT2D eigenvalue weighted by atomic mass is 10.2. The first-order valence-corrected chi connectivity index (χ1v) is 8.37. The SMILES string of the molecule is CC(C)(C)OC(=O)N[C@H]1CCN(c2cnc3cc([N+](=O)[O-])ccc3n2)C1. The number of carbonyl (C=O) groups is 1. The number of nitro groups is 1. The number of anilines is 1. The number of fused-ring (bicyclic) bond motifs is 1. The lowest BCUT2D eigenvalue weighted by Gasteiger charge is -2.22. The van der Waals surface area contributed by atoms with Gasteiger partial charge in [-0.1, -0.05) is 0 Å². The largest absolute Gasteiger partial charge is 0.444 e. The topological polar surface area (TPSA) is 110 Å². The first-order chi connectivity index (χ1) is 12.2. The van der Waals surface area contributed by atoms with E-state index in [1.54, 1.807) is 12.3 Å². The van der Waals surface area contributed by atoms with Gasteiger partial charge in [0.2, 0.25) is 0 Å². The van der Waals surface area contributed by atoms with Gasteiger partial charge in [-0.15, -0.1) is 0 Å². The van der Waals surface area contributed by atoms with Gasteiger partial charge in [-0.3, -0.25) is 15.1 Å². The number of non-ortho nitro benzene ring substituents is 1. The first-order valence-electron chi connectivity index (χ1n) is 8.37. The Kier molecular flexibility index (Phi) is 4.62. The van der Waals surface area contributed by atoms with Crippen LogP contribution in [0.5, 0.6) is 0 Å². The number of ether oxygens (including phenoxy) is 1. The number of amides is 1. The minimum atomic E-state index is -0.533. The number of nitro benzene ring substituents is 1. The summed E-state index contributed by atoms with van der Waals surface area (Å²) < 4.78 is 5.28. The molecule has 1 aliphatic rings. The van der Waals surface area contributed by atoms with Crippen molar-refractivity contribution in [3.63, 3.8) is 0 Å². The molecule has 1 atom stereocenters. The molecule has 1 fully saturated rings. The molecule has 1 aromatic carbocycles. The Balaban J connectivity index is 1.67. The normalized spacial score (nSPS) is 17.3. The van der Waals surface area contributed by atoms with Crippen LogP contribution in [0, 0.1) is 10.1 Å². The highest BCUT2D eigenvalue weighted by Crippen LogP contribution is 2.23. The van der Waals surface area contributed by atoms with Gasteiger partial charge in [-0.05, 0) is 33.3 Å². The van der Waals surface area contributed by atoms with Crippen LogP contribution < -0.4 is 10.2 Å². The number of hydrogen-bond donors (Lipinski definition) is 1. The van der Waals surface area contributed by atoms with Gasteiger partial charge < -0.3 is 15.0 Å². The van der Waals surface area contributed by atoms with Gasteiger partial charge in [0.1, 0.15) is 11.4 Å². The molecule has 1 amide bonds. The van der Waals surface area contributed by atoms with Gasteiger partial charge >= 0.3 is 6.09 Å². The molecule has 2 aromatic rings. The van der Waals surface area contributed by atoms with Crippen molar-refractivity contribution < 1.29 is 14.5 Å². The molecule has 0 unspecified atom stereocenters. The van der Waals surface area contributed by atoms with Crippen LogP contribution in [0.25, 0.3) is 11.0 Å². The van der Waals surface area contributed by atoms with Crippen LogP contribution in [0.15, 0.2) is 24.4 Å². The minimum Gasteiger partial charge on any atom is -0.444 e. The zero-order valence-corrected chi connectivity index (χ0v) is 14.9. The molecule has 0 saturated carbocycles. The van der Waals surface area contributed by atoms with Gasteiger partial charge in [0.15, 0.2) is 0 Å². The maximum absolute atomic E-state index is 11.9. The first kappa shape index (κ1) is 17.8. The summed E-state index contributed by atoms with van der Waals surface area (Å²) in [5, 5.41) is 13.7. The van der Waals surface area contributed by atoms with E-state index in [1.807, 2.05) is 25.7 Å². The third-order valence-corrected chi connectivity index (χ3v) is 3.96. The number of hydrogen-bond acceptors (Lipinski definition) is 7. The van der Waals surface area contributed by atoms with Gasteiger partial charge in [-0.25, -0.2) is 9.78 Å². The van der Waals surface area contributed by atoms with Gasteiger partial charge in [0, 0.05) is 25.2 Å². The summed E-state index contributed by atoms with van der Waals surface area (Å²) in [7, 11) is 0. The maximum Gasteiger partial charge on any atom is 0.407 e. The van der Waals surface area contributed by atoms with Crippen molar-refractivity contribution in [3.8, 4) is 0 Å². The third-order valence-electron chi connectivity index (χ3n) is 3.96. The molecule has 9 nitrogen and oxygen atoms in total. The standard InChI is InChI=1S/C17H21N5O4/c1-17(2,3)26-16(23)19-11-6-7-21(10-11)15-9-18-14-8-12(22(24)25)4-5-13(14)20-15/h4-5,8-9,11H,6-7,10H2,1-3H3,(H,19,23)/t11-/m0/s1. The van der Waals surface area contributed by atoms with E-state index in [-0.39, 0.29) is 11.7 Å². The monoisotopic (exact) mass is 359 g/mol. The maximum atomic E-state index is 11.9. The van der Waals surface area contributed by atoms with Crippen molar-refractivity contribution in [2.75, 3.05) is 18.0 Å². The summed E-state index contributed by atoms with van der Waals surface area (Å²) >= 11 is 0. The van der Waals surface area contributed by atoms with Gasteiger partial charge in [0.25, 0.3) is 5.69 Å². The second kappa shape index (κ2) is 6.74. The second-order valence-electron chi connectivity index (χ2n) is 7.24. The number of benzene rings is 1. The highest BCUT2D eigenvalue weighted by atomic mass is 16.6. The Hall–Kier alpha value is -2.97. The van der Waals surface area contributed by atoms with E-state index in [4.69, 9.17) is 4.74 Å². The predicted molar refractivity (Wildman–Crippen MR) is 96.2 cm³/mol. The van der Waals surface area contributed by atoms with E-state index in [1.165, 1.54) is 12.1 Å². The van der Waals surface area contributed by atoms with E-state index in [2.05, 4.69) is 15.3 Å². The quantitative estimate of drug-likeness (QED) is 0.662. The zero-order valence-electron chi connectivity index (χ0n) is 14.9. The van der Waals surface area contributed by atoms with Crippen LogP contribution in [0.1, 0.15) is 27.2 Å². The van der Waals surface area contributed by atoms with Crippen molar-refractivity contribution in [2.24, 2.45) is 0 Å². The molecule has 0 spiro atoms. The Morgan fingerprint density at radius 3 is 2.85 bits per heavy atom. The van der Waals surface area contributed by atoms with Crippen LogP contribution >= 0.6 is 0 Å². The molecule has 1 N–H and O–H groups in total. The zero-order chi connectivity index (χ0) is 18.9. The highest BCUT2D eigenvalue weighted by Gasteiger charge is 2.27. The second-order valence-corrected chi connectivity index (χ2v) is 7.24. The van der Waals surface area contributed by atoms with Crippen LogP contribution in [0.4, 0.5) is 16.3 Å². The molecule has 0 aliphatic carbocycles. The summed E-state index contributed by atoms with van der Waals surface area (Å²) in [4.78, 5) is 33.1. The molecular weight excluding hydrogens is 338 g/mol. The van der Waals surface area contributed by atoms with E-state index in [9.17, 15) is 14.9 Å². The highest BCUT2D eigenvalue weighted by molar-refractivity contribution is 5.78. The number of alkyl carbamates (subject to hydrolysis) is 1. The molecule has 3 rings (SSSR count). The summed E-state index contributed by atoms with van der Waals surface area (Å²) in [6, 6.07) is 4.39. The fourth-order valence-electron chi connectivity index (χ4n) is 2.82. The summed E-state index contributed by atoms with van der Waals surface area (Å²) in [5.41, 5.74) is 0.527. The molecule has 138 valence electrons. The molecular formula is C17H21N5O4. The summed E-state index contributed by atoms with van der Waals surface area (Å²) in [5.74, 6) is 0.680. The Morgan fingerprint density at radius 2 is 2.15 bits per heavy atom. The summed E-state index contributed by atoms with van der Waals surface area (Å²) in [6.07, 6.45) is 1.95. The van der Waals surface area contributed by atoms with Crippen molar-refractivity contribution in [1.29, 1.82) is 0 Å². The number of nitrogens with one attached hydrogen (secondary N) is 1. The number of rotatable bonds is 3. The number of nitrogens with zero attached hydrogens (tertiary/aromatic N) is 4. The lowest BCUT2D eigenvalue weighted by Crippen LogP contribution is -2.40. The average Bonchev–Trinajstić information content (AvgIpc) is 3.00. The Labute approximate surface area is 150 Å². The van der Waals surface area contributed by atoms with E-state index < -0.39 is 16.6 Å². The molecule has 0 radical (unpaired) electrons. The number of carbonyl (C=O) groups excluding carboxylic acids is 1. The Morgan fingerprint density at radius 1 is 1.38 bits per heavy atom. The molecule has 1 saturated heterocycles. The molecule has 26 heavy (non-hydrogen) atoms. The van der Waals surface area contributed by atoms with Crippen molar-refractivity contribution in [1.82, 2.24) is 15.3 Å². The smallest absolute Gasteiger partial charge is 0.407 e. The minimum absolute atomic E-state index is 0.0117. The number of aromatic nitrogens is 2. The third kappa shape index (κ3) is 4.16. The lowest BCUT2D eigenvalue weighted by molar-refractivity contribution is -0.384.